The van der Waals surface area contributed by atoms with Gasteiger partial charge in [-0.15, -0.1) is 0 Å². The molecule has 0 unspecified atom stereocenters. The minimum absolute atomic E-state index is 0.0958. The molecule has 37 heavy (non-hydrogen) atoms. The number of nitrogens with zero attached hydrogens (tertiary/aromatic N) is 1. The van der Waals surface area contributed by atoms with Gasteiger partial charge in [0, 0.05) is 12.1 Å². The molecule has 0 atom stereocenters. The fourth-order valence-corrected chi connectivity index (χ4v) is 6.37. The molecule has 0 aliphatic heterocycles. The molecular formula is C31H37F2NO3. The molecule has 2 aliphatic rings. The van der Waals surface area contributed by atoms with Gasteiger partial charge in [0.1, 0.15) is 29.2 Å². The zero-order valence-corrected chi connectivity index (χ0v) is 21.7. The number of carbonyl (C=O) groups is 1. The smallest absolute Gasteiger partial charge is 0.346 e. The molecule has 2 aromatic rings. The molecule has 0 radical (unpaired) electrons. The Kier molecular flexibility index (Phi) is 9.18. The van der Waals surface area contributed by atoms with Crippen molar-refractivity contribution in [2.45, 2.75) is 84.0 Å². The Hall–Kier alpha value is -2.94. The Morgan fingerprint density at radius 2 is 1.70 bits per heavy atom. The topological polar surface area (TPSA) is 59.3 Å². The van der Waals surface area contributed by atoms with Crippen LogP contribution in [0.25, 0.3) is 0 Å². The van der Waals surface area contributed by atoms with Crippen LogP contribution in [0.5, 0.6) is 11.5 Å². The summed E-state index contributed by atoms with van der Waals surface area (Å²) in [7, 11) is 0. The van der Waals surface area contributed by atoms with Gasteiger partial charge in [-0.25, -0.2) is 13.6 Å². The lowest BCUT2D eigenvalue weighted by molar-refractivity contribution is 0.0373. The van der Waals surface area contributed by atoms with Gasteiger partial charge in [0.05, 0.1) is 17.7 Å². The van der Waals surface area contributed by atoms with Gasteiger partial charge in [0.25, 0.3) is 0 Å². The van der Waals surface area contributed by atoms with Gasteiger partial charge in [0.2, 0.25) is 0 Å². The van der Waals surface area contributed by atoms with Crippen molar-refractivity contribution >= 4 is 5.97 Å². The molecule has 198 valence electrons. The summed E-state index contributed by atoms with van der Waals surface area (Å²) in [6, 6.07) is 9.21. The van der Waals surface area contributed by atoms with E-state index in [0.717, 1.165) is 24.8 Å². The van der Waals surface area contributed by atoms with Crippen molar-refractivity contribution in [1.29, 1.82) is 5.26 Å². The summed E-state index contributed by atoms with van der Waals surface area (Å²) in [6.07, 6.45) is 15.7. The molecule has 2 aliphatic carbocycles. The first-order valence-electron chi connectivity index (χ1n) is 13.8. The highest BCUT2D eigenvalue weighted by molar-refractivity contribution is 5.91. The van der Waals surface area contributed by atoms with Crippen molar-refractivity contribution in [1.82, 2.24) is 0 Å². The van der Waals surface area contributed by atoms with Crippen LogP contribution < -0.4 is 9.47 Å². The largest absolute Gasteiger partial charge is 0.493 e. The average Bonchev–Trinajstić information content (AvgIpc) is 2.91. The lowest BCUT2D eigenvalue weighted by atomic mass is 9.59. The molecule has 0 spiro atoms. The summed E-state index contributed by atoms with van der Waals surface area (Å²) in [5.41, 5.74) is 0.130. The second-order valence-electron chi connectivity index (χ2n) is 10.8. The second kappa shape index (κ2) is 12.5. The van der Waals surface area contributed by atoms with Gasteiger partial charge in [-0.1, -0.05) is 39.0 Å². The van der Waals surface area contributed by atoms with Crippen LogP contribution in [-0.4, -0.2) is 12.6 Å². The van der Waals surface area contributed by atoms with Crippen LogP contribution in [0.4, 0.5) is 8.78 Å². The maximum atomic E-state index is 14.7. The molecule has 4 nitrogen and oxygen atoms in total. The predicted octanol–water partition coefficient (Wildman–Crippen LogP) is 8.38. The van der Waals surface area contributed by atoms with Crippen LogP contribution in [0, 0.1) is 40.2 Å². The third-order valence-electron chi connectivity index (χ3n) is 8.51. The Balaban J connectivity index is 1.28. The Morgan fingerprint density at radius 3 is 2.35 bits per heavy atom. The highest BCUT2D eigenvalue weighted by atomic mass is 19.1. The van der Waals surface area contributed by atoms with E-state index in [4.69, 9.17) is 14.7 Å². The average molecular weight is 510 g/mol. The second-order valence-corrected chi connectivity index (χ2v) is 10.8. The number of nitriles is 1. The summed E-state index contributed by atoms with van der Waals surface area (Å²) in [5.74, 6) is -0.929. The minimum Gasteiger partial charge on any atom is -0.493 e. The molecular weight excluding hydrogens is 472 g/mol. The van der Waals surface area contributed by atoms with E-state index in [0.29, 0.717) is 23.7 Å². The molecule has 0 saturated heterocycles. The number of carbonyl (C=O) groups excluding carboxylic acids is 1. The van der Waals surface area contributed by atoms with Gasteiger partial charge < -0.3 is 9.47 Å². The zero-order chi connectivity index (χ0) is 26.3. The Morgan fingerprint density at radius 1 is 1.00 bits per heavy atom. The summed E-state index contributed by atoms with van der Waals surface area (Å²) in [6.45, 7) is 2.84. The molecule has 2 fully saturated rings. The molecule has 0 amide bonds. The lowest BCUT2D eigenvalue weighted by Crippen LogP contribution is -2.36. The Bertz CT molecular complexity index is 1110. The van der Waals surface area contributed by atoms with Gasteiger partial charge in [-0.3, -0.25) is 0 Å². The molecule has 0 aromatic heterocycles. The Labute approximate surface area is 219 Å². The van der Waals surface area contributed by atoms with Crippen molar-refractivity contribution in [3.63, 3.8) is 0 Å². The predicted molar refractivity (Wildman–Crippen MR) is 138 cm³/mol. The van der Waals surface area contributed by atoms with Crippen molar-refractivity contribution in [2.75, 3.05) is 6.61 Å². The van der Waals surface area contributed by atoms with E-state index >= 15 is 0 Å². The molecule has 0 bridgehead atoms. The number of rotatable bonds is 9. The number of halogens is 2. The van der Waals surface area contributed by atoms with Crippen LogP contribution in [-0.2, 0) is 0 Å². The van der Waals surface area contributed by atoms with E-state index in [9.17, 15) is 13.6 Å². The van der Waals surface area contributed by atoms with E-state index in [1.807, 2.05) is 0 Å². The fourth-order valence-electron chi connectivity index (χ4n) is 6.37. The zero-order valence-electron chi connectivity index (χ0n) is 21.7. The molecule has 2 saturated carbocycles. The maximum absolute atomic E-state index is 14.7. The summed E-state index contributed by atoms with van der Waals surface area (Å²) >= 11 is 0. The van der Waals surface area contributed by atoms with Crippen molar-refractivity contribution in [3.8, 4) is 17.6 Å². The van der Waals surface area contributed by atoms with Crippen molar-refractivity contribution in [3.05, 3.63) is 59.2 Å². The molecule has 0 N–H and O–H groups in total. The number of esters is 1. The van der Waals surface area contributed by atoms with Crippen molar-refractivity contribution < 1.29 is 23.0 Å². The third kappa shape index (κ3) is 6.69. The molecule has 0 heterocycles. The van der Waals surface area contributed by atoms with Crippen LogP contribution in [0.3, 0.4) is 0 Å². The minimum atomic E-state index is -0.939. The lowest BCUT2D eigenvalue weighted by Gasteiger charge is -2.47. The SMILES string of the molecule is CCCCC1(C2CCC(COc3ccc(C(=O)Oc4ccc(C#N)c(F)c4)c(F)c3)CC2)CCCCC1. The summed E-state index contributed by atoms with van der Waals surface area (Å²) in [4.78, 5) is 12.4. The van der Waals surface area contributed by atoms with Gasteiger partial charge in [-0.2, -0.15) is 5.26 Å². The van der Waals surface area contributed by atoms with Gasteiger partial charge >= 0.3 is 5.97 Å². The van der Waals surface area contributed by atoms with Crippen LogP contribution in [0.1, 0.15) is 99.9 Å². The monoisotopic (exact) mass is 509 g/mol. The van der Waals surface area contributed by atoms with E-state index < -0.39 is 17.6 Å². The highest BCUT2D eigenvalue weighted by Gasteiger charge is 2.40. The maximum Gasteiger partial charge on any atom is 0.346 e. The molecule has 2 aromatic carbocycles. The normalized spacial score (nSPS) is 21.1. The molecule has 4 rings (SSSR count). The van der Waals surface area contributed by atoms with E-state index in [1.54, 1.807) is 12.1 Å². The van der Waals surface area contributed by atoms with E-state index in [-0.39, 0.29) is 16.9 Å². The first-order chi connectivity index (χ1) is 17.9. The first kappa shape index (κ1) is 27.1. The molecule has 6 heteroatoms. The quantitative estimate of drug-likeness (QED) is 0.252. The number of hydrogen-bond acceptors (Lipinski definition) is 4. The van der Waals surface area contributed by atoms with Gasteiger partial charge in [-0.05, 0) is 86.5 Å². The first-order valence-corrected chi connectivity index (χ1v) is 13.8. The third-order valence-corrected chi connectivity index (χ3v) is 8.51. The van der Waals surface area contributed by atoms with Crippen molar-refractivity contribution in [2.24, 2.45) is 17.3 Å². The number of ether oxygens (including phenoxy) is 2. The van der Waals surface area contributed by atoms with E-state index in [2.05, 4.69) is 6.92 Å². The van der Waals surface area contributed by atoms with Crippen LogP contribution in [0.15, 0.2) is 36.4 Å². The summed E-state index contributed by atoms with van der Waals surface area (Å²) < 4.78 is 39.4. The van der Waals surface area contributed by atoms with Gasteiger partial charge in [0.15, 0.2) is 0 Å². The highest BCUT2D eigenvalue weighted by Crippen LogP contribution is 2.52. The summed E-state index contributed by atoms with van der Waals surface area (Å²) in [5, 5.41) is 8.80. The van der Waals surface area contributed by atoms with Crippen LogP contribution in [0.2, 0.25) is 0 Å². The van der Waals surface area contributed by atoms with E-state index in [1.165, 1.54) is 88.5 Å². The number of unbranched alkanes of at least 4 members (excludes halogenated alkanes) is 1. The number of benzene rings is 2. The number of hydrogen-bond donors (Lipinski definition) is 0. The fraction of sp³-hybridized carbons (Fsp3) is 0.548. The van der Waals surface area contributed by atoms with Crippen LogP contribution >= 0.6 is 0 Å². The standard InChI is InChI=1S/C31H37F2NO3/c1-2-3-15-31(16-5-4-6-17-31)24-10-7-22(8-11-24)21-36-25-13-14-27(29(33)18-25)30(35)37-26-12-9-23(20-34)28(32)19-26/h9,12-14,18-19,22,24H,2-8,10-11,15-17,21H2,1H3.